The number of thiophene rings is 1. The first-order valence-corrected chi connectivity index (χ1v) is 8.10. The first-order chi connectivity index (χ1) is 8.52. The lowest BCUT2D eigenvalue weighted by molar-refractivity contribution is 0.0752. The van der Waals surface area contributed by atoms with Gasteiger partial charge >= 0.3 is 0 Å². The van der Waals surface area contributed by atoms with Crippen LogP contribution in [0.1, 0.15) is 17.8 Å². The number of hydrogen-bond acceptors (Lipinski definition) is 4. The molecule has 0 amide bonds. The maximum atomic E-state index is 6.13. The number of piperazine rings is 1. The fourth-order valence-corrected chi connectivity index (χ4v) is 4.22. The summed E-state index contributed by atoms with van der Waals surface area (Å²) >= 11 is 11.2. The summed E-state index contributed by atoms with van der Waals surface area (Å²) in [6.07, 6.45) is 0. The summed E-state index contributed by atoms with van der Waals surface area (Å²) in [4.78, 5) is 6.12. The van der Waals surface area contributed by atoms with Gasteiger partial charge in [0, 0.05) is 41.6 Å². The molecule has 0 aliphatic carbocycles. The van der Waals surface area contributed by atoms with Crippen molar-refractivity contribution in [2.24, 2.45) is 5.73 Å². The Bertz CT molecular complexity index is 393. The minimum Gasteiger partial charge on any atom is -0.329 e. The number of nitrogens with two attached hydrogens (primary N) is 1. The Kier molecular flexibility index (Phi) is 5.08. The van der Waals surface area contributed by atoms with Gasteiger partial charge in [0.2, 0.25) is 0 Å². The van der Waals surface area contributed by atoms with E-state index in [-0.39, 0.29) is 6.04 Å². The van der Waals surface area contributed by atoms with Gasteiger partial charge in [0.05, 0.1) is 6.04 Å². The number of rotatable bonds is 3. The molecule has 3 nitrogen and oxygen atoms in total. The highest BCUT2D eigenvalue weighted by molar-refractivity contribution is 9.10. The number of hydrogen-bond donors (Lipinski definition) is 1. The van der Waals surface area contributed by atoms with Crippen LogP contribution in [0.25, 0.3) is 0 Å². The Morgan fingerprint density at radius 3 is 2.83 bits per heavy atom. The van der Waals surface area contributed by atoms with Crippen molar-refractivity contribution in [1.82, 2.24) is 9.80 Å². The third kappa shape index (κ3) is 3.08. The van der Waals surface area contributed by atoms with Gasteiger partial charge in [0.15, 0.2) is 0 Å². The van der Waals surface area contributed by atoms with E-state index >= 15 is 0 Å². The van der Waals surface area contributed by atoms with E-state index in [9.17, 15) is 0 Å². The molecule has 1 aromatic rings. The van der Waals surface area contributed by atoms with E-state index in [2.05, 4.69) is 45.8 Å². The van der Waals surface area contributed by atoms with Gasteiger partial charge in [-0.15, -0.1) is 11.3 Å². The fraction of sp³-hybridized carbons (Fsp3) is 0.667. The Hall–Kier alpha value is 0.350. The second-order valence-electron chi connectivity index (χ2n) is 4.85. The summed E-state index contributed by atoms with van der Waals surface area (Å²) in [7, 11) is 2.18. The molecule has 2 atom stereocenters. The van der Waals surface area contributed by atoms with E-state index in [1.807, 2.05) is 0 Å². The second-order valence-corrected chi connectivity index (χ2v) is 7.39. The summed E-state index contributed by atoms with van der Waals surface area (Å²) in [5, 5.41) is 0. The van der Waals surface area contributed by atoms with Crippen molar-refractivity contribution >= 4 is 38.9 Å². The molecule has 6 heteroatoms. The zero-order valence-corrected chi connectivity index (χ0v) is 13.9. The maximum Gasteiger partial charge on any atom is 0.107 e. The molecule has 0 spiro atoms. The highest BCUT2D eigenvalue weighted by atomic mass is 79.9. The van der Waals surface area contributed by atoms with Crippen molar-refractivity contribution < 1.29 is 0 Å². The Morgan fingerprint density at radius 2 is 2.33 bits per heavy atom. The number of nitrogens with zero attached hydrogens (tertiary/aromatic N) is 2. The van der Waals surface area contributed by atoms with Crippen LogP contribution in [-0.4, -0.2) is 49.1 Å². The van der Waals surface area contributed by atoms with Gasteiger partial charge in [0.25, 0.3) is 0 Å². The largest absolute Gasteiger partial charge is 0.329 e. The van der Waals surface area contributed by atoms with Gasteiger partial charge in [-0.2, -0.15) is 0 Å². The molecule has 1 aliphatic rings. The first kappa shape index (κ1) is 14.8. The average molecular weight is 353 g/mol. The minimum atomic E-state index is 0.287. The molecular formula is C12H19BrClN3S. The normalized spacial score (nSPS) is 24.4. The van der Waals surface area contributed by atoms with Crippen molar-refractivity contribution in [3.05, 3.63) is 19.8 Å². The van der Waals surface area contributed by atoms with E-state index in [1.54, 1.807) is 11.3 Å². The van der Waals surface area contributed by atoms with Gasteiger partial charge in [-0.25, -0.2) is 0 Å². The van der Waals surface area contributed by atoms with E-state index in [1.165, 1.54) is 4.88 Å². The fourth-order valence-electron chi connectivity index (χ4n) is 2.33. The molecule has 1 fully saturated rings. The molecular weight excluding hydrogens is 334 g/mol. The Balaban J connectivity index is 2.13. The van der Waals surface area contributed by atoms with E-state index < -0.39 is 0 Å². The summed E-state index contributed by atoms with van der Waals surface area (Å²) in [5.41, 5.74) is 5.97. The third-order valence-corrected chi connectivity index (χ3v) is 6.22. The predicted molar refractivity (Wildman–Crippen MR) is 82.5 cm³/mol. The second kappa shape index (κ2) is 6.20. The molecule has 1 saturated heterocycles. The zero-order chi connectivity index (χ0) is 13.3. The molecule has 0 radical (unpaired) electrons. The van der Waals surface area contributed by atoms with Crippen molar-refractivity contribution in [2.45, 2.75) is 19.0 Å². The highest BCUT2D eigenvalue weighted by Gasteiger charge is 2.28. The quantitative estimate of drug-likeness (QED) is 0.908. The summed E-state index contributed by atoms with van der Waals surface area (Å²) in [6.45, 7) is 6.12. The topological polar surface area (TPSA) is 32.5 Å². The molecule has 2 rings (SSSR count). The van der Waals surface area contributed by atoms with Crippen LogP contribution < -0.4 is 5.73 Å². The van der Waals surface area contributed by atoms with Crippen molar-refractivity contribution in [3.8, 4) is 0 Å². The molecule has 0 aromatic carbocycles. The third-order valence-electron chi connectivity index (χ3n) is 3.65. The van der Waals surface area contributed by atoms with Crippen LogP contribution >= 0.6 is 38.9 Å². The standard InChI is InChI=1S/C12H19BrClN3S/c1-8-7-17(4-3-16(8)2)10(6-15)11-5-9(13)12(14)18-11/h5,8,10H,3-4,6-7,15H2,1-2H3. The van der Waals surface area contributed by atoms with Crippen molar-refractivity contribution in [3.63, 3.8) is 0 Å². The van der Waals surface area contributed by atoms with E-state index in [0.717, 1.165) is 28.4 Å². The summed E-state index contributed by atoms with van der Waals surface area (Å²) in [6, 6.07) is 2.97. The molecule has 102 valence electrons. The zero-order valence-electron chi connectivity index (χ0n) is 10.7. The summed E-state index contributed by atoms with van der Waals surface area (Å²) < 4.78 is 1.79. The molecule has 0 bridgehead atoms. The maximum absolute atomic E-state index is 6.13. The van der Waals surface area contributed by atoms with Gasteiger partial charge in [0.1, 0.15) is 4.34 Å². The lowest BCUT2D eigenvalue weighted by atomic mass is 10.1. The van der Waals surface area contributed by atoms with Crippen molar-refractivity contribution in [1.29, 1.82) is 0 Å². The van der Waals surface area contributed by atoms with Crippen LogP contribution in [-0.2, 0) is 0 Å². The van der Waals surface area contributed by atoms with Crippen LogP contribution in [0.2, 0.25) is 4.34 Å². The van der Waals surface area contributed by atoms with Gasteiger partial charge < -0.3 is 10.6 Å². The molecule has 2 heterocycles. The summed E-state index contributed by atoms with van der Waals surface area (Å²) in [5.74, 6) is 0. The molecule has 0 saturated carbocycles. The first-order valence-electron chi connectivity index (χ1n) is 6.12. The lowest BCUT2D eigenvalue weighted by Crippen LogP contribution is -2.52. The number of likely N-dealkylation sites (N-methyl/N-ethyl adjacent to an activating group) is 1. The highest BCUT2D eigenvalue weighted by Crippen LogP contribution is 2.37. The van der Waals surface area contributed by atoms with E-state index in [4.69, 9.17) is 17.3 Å². The Morgan fingerprint density at radius 1 is 1.61 bits per heavy atom. The SMILES string of the molecule is CC1CN(C(CN)c2cc(Br)c(Cl)s2)CCN1C. The molecule has 1 aliphatic heterocycles. The molecule has 2 unspecified atom stereocenters. The van der Waals surface area contributed by atoms with Crippen LogP contribution in [0.3, 0.4) is 0 Å². The molecule has 2 N–H and O–H groups in total. The average Bonchev–Trinajstić information content (AvgIpc) is 2.65. The monoisotopic (exact) mass is 351 g/mol. The van der Waals surface area contributed by atoms with Gasteiger partial charge in [-0.3, -0.25) is 4.90 Å². The number of halogens is 2. The lowest BCUT2D eigenvalue weighted by Gasteiger charge is -2.41. The van der Waals surface area contributed by atoms with Crippen LogP contribution in [0, 0.1) is 0 Å². The van der Waals surface area contributed by atoms with Gasteiger partial charge in [-0.1, -0.05) is 11.6 Å². The predicted octanol–water partition coefficient (Wildman–Crippen LogP) is 2.80. The molecule has 1 aromatic heterocycles. The molecule has 18 heavy (non-hydrogen) atoms. The minimum absolute atomic E-state index is 0.287. The van der Waals surface area contributed by atoms with Gasteiger partial charge in [-0.05, 0) is 36.0 Å². The van der Waals surface area contributed by atoms with Crippen LogP contribution in [0.5, 0.6) is 0 Å². The van der Waals surface area contributed by atoms with Crippen LogP contribution in [0.4, 0.5) is 0 Å². The van der Waals surface area contributed by atoms with E-state index in [0.29, 0.717) is 12.6 Å². The Labute approximate surface area is 126 Å². The smallest absolute Gasteiger partial charge is 0.107 e. The van der Waals surface area contributed by atoms with Crippen molar-refractivity contribution in [2.75, 3.05) is 33.2 Å². The van der Waals surface area contributed by atoms with Crippen LogP contribution in [0.15, 0.2) is 10.5 Å².